The Morgan fingerprint density at radius 3 is 2.75 bits per heavy atom. The summed E-state index contributed by atoms with van der Waals surface area (Å²) in [4.78, 5) is 38.1. The van der Waals surface area contributed by atoms with Crippen LogP contribution in [0.2, 0.25) is 0 Å². The summed E-state index contributed by atoms with van der Waals surface area (Å²) in [6.45, 7) is 0.837. The van der Waals surface area contributed by atoms with Crippen molar-refractivity contribution in [1.29, 1.82) is 0 Å². The maximum atomic E-state index is 12.9. The van der Waals surface area contributed by atoms with Crippen LogP contribution < -0.4 is 5.32 Å². The Morgan fingerprint density at radius 1 is 1.09 bits per heavy atom. The molecular formula is C24H22N4O4. The summed E-state index contributed by atoms with van der Waals surface area (Å²) < 4.78 is 5.30. The number of nitrogens with zero attached hydrogens (tertiary/aromatic N) is 2. The number of benzene rings is 2. The number of hydrogen-bond acceptors (Lipinski definition) is 5. The normalized spacial score (nSPS) is 18.1. The van der Waals surface area contributed by atoms with Crippen molar-refractivity contribution in [2.75, 3.05) is 7.11 Å². The molecule has 2 aliphatic heterocycles. The third kappa shape index (κ3) is 3.48. The lowest BCUT2D eigenvalue weighted by atomic mass is 10.0. The highest BCUT2D eigenvalue weighted by Crippen LogP contribution is 2.32. The molecule has 8 nitrogen and oxygen atoms in total. The molecule has 0 bridgehead atoms. The van der Waals surface area contributed by atoms with Gasteiger partial charge in [-0.05, 0) is 35.7 Å². The topological polar surface area (TPSA) is 104 Å². The average molecular weight is 430 g/mol. The Labute approximate surface area is 184 Å². The summed E-state index contributed by atoms with van der Waals surface area (Å²) in [5.74, 6) is -0.884. The number of H-pyrrole nitrogens is 1. The van der Waals surface area contributed by atoms with E-state index in [2.05, 4.69) is 15.5 Å². The van der Waals surface area contributed by atoms with Gasteiger partial charge in [0.05, 0.1) is 18.0 Å². The number of aromatic nitrogens is 2. The van der Waals surface area contributed by atoms with E-state index < -0.39 is 11.9 Å². The predicted octanol–water partition coefficient (Wildman–Crippen LogP) is 2.65. The van der Waals surface area contributed by atoms with E-state index in [1.54, 1.807) is 18.1 Å². The number of nitrogens with one attached hydrogen (secondary N) is 2. The Hall–Kier alpha value is -3.78. The predicted molar refractivity (Wildman–Crippen MR) is 116 cm³/mol. The molecule has 2 aromatic carbocycles. The van der Waals surface area contributed by atoms with Crippen molar-refractivity contribution in [2.45, 2.75) is 32.0 Å². The van der Waals surface area contributed by atoms with Gasteiger partial charge in [0.15, 0.2) is 0 Å². The highest BCUT2D eigenvalue weighted by Gasteiger charge is 2.39. The first-order valence-electron chi connectivity index (χ1n) is 10.5. The zero-order valence-corrected chi connectivity index (χ0v) is 17.6. The smallest absolute Gasteiger partial charge is 0.255 e. The van der Waals surface area contributed by atoms with Gasteiger partial charge in [0.25, 0.3) is 5.91 Å². The first kappa shape index (κ1) is 20.1. The van der Waals surface area contributed by atoms with E-state index in [4.69, 9.17) is 4.74 Å². The molecule has 162 valence electrons. The van der Waals surface area contributed by atoms with E-state index in [9.17, 15) is 14.4 Å². The van der Waals surface area contributed by atoms with Crippen molar-refractivity contribution in [3.63, 3.8) is 0 Å². The molecule has 0 radical (unpaired) electrons. The summed E-state index contributed by atoms with van der Waals surface area (Å²) in [5, 5.41) is 9.90. The zero-order valence-electron chi connectivity index (χ0n) is 17.6. The van der Waals surface area contributed by atoms with Crippen LogP contribution in [0.15, 0.2) is 48.5 Å². The minimum absolute atomic E-state index is 0.183. The van der Waals surface area contributed by atoms with Crippen LogP contribution in [-0.4, -0.2) is 46.0 Å². The van der Waals surface area contributed by atoms with Gasteiger partial charge in [-0.2, -0.15) is 5.10 Å². The lowest BCUT2D eigenvalue weighted by Crippen LogP contribution is -2.52. The minimum Gasteiger partial charge on any atom is -0.380 e. The quantitative estimate of drug-likeness (QED) is 0.606. The van der Waals surface area contributed by atoms with Gasteiger partial charge in [0, 0.05) is 36.8 Å². The lowest BCUT2D eigenvalue weighted by molar-refractivity contribution is -0.136. The fourth-order valence-electron chi connectivity index (χ4n) is 4.41. The van der Waals surface area contributed by atoms with Gasteiger partial charge in [0.2, 0.25) is 11.8 Å². The molecule has 8 heteroatoms. The molecule has 0 aliphatic carbocycles. The van der Waals surface area contributed by atoms with E-state index in [0.29, 0.717) is 25.1 Å². The summed E-state index contributed by atoms with van der Waals surface area (Å²) in [5.41, 5.74) is 6.05. The van der Waals surface area contributed by atoms with Gasteiger partial charge < -0.3 is 9.64 Å². The average Bonchev–Trinajstić information content (AvgIpc) is 3.40. The first-order chi connectivity index (χ1) is 15.5. The summed E-state index contributed by atoms with van der Waals surface area (Å²) in [7, 11) is 1.67. The van der Waals surface area contributed by atoms with E-state index in [1.807, 2.05) is 42.5 Å². The second-order valence-corrected chi connectivity index (χ2v) is 8.03. The Morgan fingerprint density at radius 2 is 1.94 bits per heavy atom. The SMILES string of the molecule is COCc1ccccc1-c1cc(-c2ccc3c(c2)CN([C@H]2CCC(=O)NC2=O)C3=O)n[nH]1. The molecule has 5 rings (SSSR count). The highest BCUT2D eigenvalue weighted by molar-refractivity contribution is 6.05. The number of carbonyl (C=O) groups excluding carboxylic acids is 3. The van der Waals surface area contributed by atoms with Gasteiger partial charge >= 0.3 is 0 Å². The van der Waals surface area contributed by atoms with Crippen molar-refractivity contribution in [1.82, 2.24) is 20.4 Å². The molecule has 32 heavy (non-hydrogen) atoms. The molecule has 0 saturated carbocycles. The third-order valence-electron chi connectivity index (χ3n) is 6.00. The Kier molecular flexibility index (Phi) is 5.07. The standard InChI is InChI=1S/C24H22N4O4/c1-32-13-15-4-2-3-5-17(15)20-11-19(26-27-20)14-6-7-18-16(10-14)12-28(24(18)31)21-8-9-22(29)25-23(21)30/h2-7,10-11,21H,8-9,12-13H2,1H3,(H,26,27)(H,25,29,30)/t21-/m0/s1. The van der Waals surface area contributed by atoms with Crippen LogP contribution in [0.1, 0.15) is 34.3 Å². The molecule has 0 unspecified atom stereocenters. The van der Waals surface area contributed by atoms with E-state index >= 15 is 0 Å². The summed E-state index contributed by atoms with van der Waals surface area (Å²) in [6, 6.07) is 14.9. The Bertz CT molecular complexity index is 1230. The van der Waals surface area contributed by atoms with Gasteiger partial charge in [-0.15, -0.1) is 0 Å². The van der Waals surface area contributed by atoms with Crippen molar-refractivity contribution in [2.24, 2.45) is 0 Å². The molecule has 1 saturated heterocycles. The highest BCUT2D eigenvalue weighted by atomic mass is 16.5. The first-order valence-corrected chi connectivity index (χ1v) is 10.5. The maximum Gasteiger partial charge on any atom is 0.255 e. The number of fused-ring (bicyclic) bond motifs is 1. The molecule has 1 aromatic heterocycles. The number of carbonyl (C=O) groups is 3. The Balaban J connectivity index is 1.41. The lowest BCUT2D eigenvalue weighted by Gasteiger charge is -2.29. The second kappa shape index (κ2) is 8.05. The van der Waals surface area contributed by atoms with Crippen molar-refractivity contribution in [3.05, 3.63) is 65.2 Å². The molecule has 3 aromatic rings. The third-order valence-corrected chi connectivity index (χ3v) is 6.00. The largest absolute Gasteiger partial charge is 0.380 e. The van der Waals surface area contributed by atoms with Gasteiger partial charge in [0.1, 0.15) is 6.04 Å². The zero-order chi connectivity index (χ0) is 22.2. The van der Waals surface area contributed by atoms with Crippen molar-refractivity contribution < 1.29 is 19.1 Å². The number of piperidine rings is 1. The number of amides is 3. The summed E-state index contributed by atoms with van der Waals surface area (Å²) in [6.07, 6.45) is 0.587. The number of imide groups is 1. The second-order valence-electron chi connectivity index (χ2n) is 8.03. The molecule has 1 fully saturated rings. The number of rotatable bonds is 5. The molecular weight excluding hydrogens is 408 g/mol. The maximum absolute atomic E-state index is 12.9. The molecule has 3 amide bonds. The number of ether oxygens (including phenoxy) is 1. The molecule has 2 aliphatic rings. The number of aromatic amines is 1. The van der Waals surface area contributed by atoms with Crippen LogP contribution in [-0.2, 0) is 27.5 Å². The van der Waals surface area contributed by atoms with Gasteiger partial charge in [-0.1, -0.05) is 30.3 Å². The van der Waals surface area contributed by atoms with Crippen LogP contribution in [0.5, 0.6) is 0 Å². The van der Waals surface area contributed by atoms with Crippen LogP contribution in [0.4, 0.5) is 0 Å². The van der Waals surface area contributed by atoms with Crippen molar-refractivity contribution >= 4 is 17.7 Å². The van der Waals surface area contributed by atoms with E-state index in [-0.39, 0.29) is 18.2 Å². The number of hydrogen-bond donors (Lipinski definition) is 2. The van der Waals surface area contributed by atoms with Crippen molar-refractivity contribution in [3.8, 4) is 22.5 Å². The van der Waals surface area contributed by atoms with Crippen LogP contribution in [0, 0.1) is 0 Å². The van der Waals surface area contributed by atoms with Crippen LogP contribution in [0.3, 0.4) is 0 Å². The minimum atomic E-state index is -0.620. The number of methoxy groups -OCH3 is 1. The fraction of sp³-hybridized carbons (Fsp3) is 0.250. The molecule has 3 heterocycles. The van der Waals surface area contributed by atoms with Crippen LogP contribution in [0.25, 0.3) is 22.5 Å². The van der Waals surface area contributed by atoms with Crippen LogP contribution >= 0.6 is 0 Å². The van der Waals surface area contributed by atoms with E-state index in [1.165, 1.54) is 0 Å². The summed E-state index contributed by atoms with van der Waals surface area (Å²) >= 11 is 0. The molecule has 2 N–H and O–H groups in total. The van der Waals surface area contributed by atoms with Gasteiger partial charge in [-0.25, -0.2) is 0 Å². The van der Waals surface area contributed by atoms with Gasteiger partial charge in [-0.3, -0.25) is 24.8 Å². The fourth-order valence-corrected chi connectivity index (χ4v) is 4.41. The van der Waals surface area contributed by atoms with E-state index in [0.717, 1.165) is 33.6 Å². The molecule has 0 spiro atoms. The monoisotopic (exact) mass is 430 g/mol. The molecule has 1 atom stereocenters.